The highest BCUT2D eigenvalue weighted by Crippen LogP contribution is 2.32. The van der Waals surface area contributed by atoms with Crippen LogP contribution < -0.4 is 15.4 Å². The van der Waals surface area contributed by atoms with Gasteiger partial charge in [0.2, 0.25) is 0 Å². The summed E-state index contributed by atoms with van der Waals surface area (Å²) < 4.78 is 6.06. The summed E-state index contributed by atoms with van der Waals surface area (Å²) in [5, 5.41) is 17.8. The number of nitrogens with zero attached hydrogens (tertiary/aromatic N) is 2. The van der Waals surface area contributed by atoms with E-state index < -0.39 is 10.8 Å². The maximum atomic E-state index is 12.6. The first-order chi connectivity index (χ1) is 15.9. The zero-order chi connectivity index (χ0) is 23.5. The number of amides is 1. The van der Waals surface area contributed by atoms with Gasteiger partial charge in [0, 0.05) is 22.9 Å². The van der Waals surface area contributed by atoms with E-state index >= 15 is 0 Å². The molecule has 0 aliphatic rings. The van der Waals surface area contributed by atoms with Crippen LogP contribution in [0.3, 0.4) is 0 Å². The van der Waals surface area contributed by atoms with E-state index in [9.17, 15) is 14.9 Å². The molecule has 2 N–H and O–H groups in total. The van der Waals surface area contributed by atoms with Gasteiger partial charge in [0.1, 0.15) is 5.01 Å². The van der Waals surface area contributed by atoms with Gasteiger partial charge in [-0.05, 0) is 55.0 Å². The Bertz CT molecular complexity index is 1370. The lowest BCUT2D eigenvalue weighted by Crippen LogP contribution is -2.34. The Kier molecular flexibility index (Phi) is 6.29. The van der Waals surface area contributed by atoms with Crippen molar-refractivity contribution in [3.8, 4) is 16.3 Å². The van der Waals surface area contributed by atoms with Gasteiger partial charge in [-0.3, -0.25) is 20.2 Å². The molecule has 4 aromatic rings. The first-order valence-electron chi connectivity index (χ1n) is 9.77. The number of benzene rings is 3. The highest BCUT2D eigenvalue weighted by atomic mass is 32.1. The summed E-state index contributed by atoms with van der Waals surface area (Å²) in [5.41, 5.74) is 3.29. The molecule has 3 aromatic carbocycles. The summed E-state index contributed by atoms with van der Waals surface area (Å²) in [5.74, 6) is -0.502. The molecule has 1 heterocycles. The zero-order valence-electron chi connectivity index (χ0n) is 17.6. The summed E-state index contributed by atoms with van der Waals surface area (Å²) in [7, 11) is 1.33. The Balaban J connectivity index is 1.51. The number of ether oxygens (including phenoxy) is 1. The summed E-state index contributed by atoms with van der Waals surface area (Å²) in [6.07, 6.45) is 0. The molecule has 0 fully saturated rings. The van der Waals surface area contributed by atoms with Gasteiger partial charge >= 0.3 is 5.69 Å². The van der Waals surface area contributed by atoms with Crippen molar-refractivity contribution in [3.63, 3.8) is 0 Å². The highest BCUT2D eigenvalue weighted by Gasteiger charge is 2.19. The van der Waals surface area contributed by atoms with Crippen molar-refractivity contribution in [2.75, 3.05) is 12.4 Å². The number of thiazole rings is 1. The number of hydrogen-bond acceptors (Lipinski definition) is 7. The largest absolute Gasteiger partial charge is 0.490 e. The van der Waals surface area contributed by atoms with Gasteiger partial charge in [-0.15, -0.1) is 11.3 Å². The minimum Gasteiger partial charge on any atom is -0.490 e. The number of aromatic nitrogens is 1. The van der Waals surface area contributed by atoms with Crippen molar-refractivity contribution in [1.29, 1.82) is 0 Å². The standard InChI is InChI=1S/C23H18N4O4S2/c1-13-7-8-15(22-24-16-5-3-4-6-20(16)33-22)11-17(13)25-23(32)26-21(28)14-9-10-19(31-2)18(12-14)27(29)30/h3-12H,1-2H3,(H2,25,26,28,32). The van der Waals surface area contributed by atoms with E-state index in [0.717, 1.165) is 38.1 Å². The lowest BCUT2D eigenvalue weighted by Gasteiger charge is -2.13. The van der Waals surface area contributed by atoms with Crippen LogP contribution in [0.15, 0.2) is 60.7 Å². The third-order valence-electron chi connectivity index (χ3n) is 4.89. The van der Waals surface area contributed by atoms with Crippen molar-refractivity contribution >= 4 is 56.2 Å². The molecule has 33 heavy (non-hydrogen) atoms. The molecule has 1 aromatic heterocycles. The maximum Gasteiger partial charge on any atom is 0.311 e. The van der Waals surface area contributed by atoms with E-state index in [1.54, 1.807) is 11.3 Å². The van der Waals surface area contributed by atoms with Gasteiger partial charge in [0.15, 0.2) is 10.9 Å². The van der Waals surface area contributed by atoms with Crippen LogP contribution in [0, 0.1) is 17.0 Å². The Morgan fingerprint density at radius 1 is 1.15 bits per heavy atom. The molecule has 4 rings (SSSR count). The second-order valence-electron chi connectivity index (χ2n) is 7.07. The Hall–Kier alpha value is -3.89. The molecule has 0 spiro atoms. The first-order valence-corrected chi connectivity index (χ1v) is 11.0. The van der Waals surface area contributed by atoms with Crippen molar-refractivity contribution in [1.82, 2.24) is 10.3 Å². The molecule has 1 amide bonds. The second-order valence-corrected chi connectivity index (χ2v) is 8.51. The van der Waals surface area contributed by atoms with Gasteiger partial charge in [-0.2, -0.15) is 0 Å². The van der Waals surface area contributed by atoms with Crippen LogP contribution >= 0.6 is 23.6 Å². The molecule has 10 heteroatoms. The Labute approximate surface area is 198 Å². The molecule has 0 saturated heterocycles. The van der Waals surface area contributed by atoms with E-state index in [0.29, 0.717) is 0 Å². The lowest BCUT2D eigenvalue weighted by molar-refractivity contribution is -0.385. The van der Waals surface area contributed by atoms with E-state index in [2.05, 4.69) is 15.6 Å². The van der Waals surface area contributed by atoms with Gasteiger partial charge in [0.25, 0.3) is 5.91 Å². The van der Waals surface area contributed by atoms with Crippen LogP contribution in [-0.2, 0) is 0 Å². The molecule has 0 saturated carbocycles. The van der Waals surface area contributed by atoms with Gasteiger partial charge in [-0.1, -0.05) is 24.3 Å². The highest BCUT2D eigenvalue weighted by molar-refractivity contribution is 7.80. The van der Waals surface area contributed by atoms with Crippen molar-refractivity contribution in [2.24, 2.45) is 0 Å². The number of carbonyl (C=O) groups is 1. The Morgan fingerprint density at radius 2 is 1.94 bits per heavy atom. The van der Waals surface area contributed by atoms with Crippen LogP contribution in [0.25, 0.3) is 20.8 Å². The smallest absolute Gasteiger partial charge is 0.311 e. The molecule has 0 aliphatic carbocycles. The molecule has 0 unspecified atom stereocenters. The number of thiocarbonyl (C=S) groups is 1. The fraction of sp³-hybridized carbons (Fsp3) is 0.0870. The first kappa shape index (κ1) is 22.3. The minimum atomic E-state index is -0.608. The summed E-state index contributed by atoms with van der Waals surface area (Å²) in [6, 6.07) is 17.7. The number of fused-ring (bicyclic) bond motifs is 1. The van der Waals surface area contributed by atoms with E-state index in [1.165, 1.54) is 19.2 Å². The number of anilines is 1. The minimum absolute atomic E-state index is 0.0690. The average molecular weight is 479 g/mol. The van der Waals surface area contributed by atoms with E-state index in [4.69, 9.17) is 17.0 Å². The molecular weight excluding hydrogens is 460 g/mol. The number of rotatable bonds is 5. The van der Waals surface area contributed by atoms with E-state index in [-0.39, 0.29) is 22.1 Å². The number of nitrogens with one attached hydrogen (secondary N) is 2. The SMILES string of the molecule is COc1ccc(C(=O)NC(=S)Nc2cc(-c3nc4ccccc4s3)ccc2C)cc1[N+](=O)[O-]. The van der Waals surface area contributed by atoms with Gasteiger partial charge in [0.05, 0.1) is 22.2 Å². The average Bonchev–Trinajstić information content (AvgIpc) is 3.24. The normalized spacial score (nSPS) is 10.6. The molecule has 0 atom stereocenters. The number of para-hydroxylation sites is 1. The summed E-state index contributed by atoms with van der Waals surface area (Å²) in [4.78, 5) is 27.9. The van der Waals surface area contributed by atoms with Gasteiger partial charge in [-0.25, -0.2) is 4.98 Å². The molecule has 166 valence electrons. The van der Waals surface area contributed by atoms with Crippen LogP contribution in [0.1, 0.15) is 15.9 Å². The van der Waals surface area contributed by atoms with Crippen molar-refractivity contribution in [3.05, 3.63) is 81.9 Å². The quantitative estimate of drug-likeness (QED) is 0.227. The lowest BCUT2D eigenvalue weighted by atomic mass is 10.1. The van der Waals surface area contributed by atoms with Crippen molar-refractivity contribution in [2.45, 2.75) is 6.92 Å². The fourth-order valence-corrected chi connectivity index (χ4v) is 4.35. The topological polar surface area (TPSA) is 106 Å². The predicted octanol–water partition coefficient (Wildman–Crippen LogP) is 5.32. The van der Waals surface area contributed by atoms with E-state index in [1.807, 2.05) is 49.4 Å². The predicted molar refractivity (Wildman–Crippen MR) is 133 cm³/mol. The third kappa shape index (κ3) is 4.81. The van der Waals surface area contributed by atoms with Crippen LogP contribution in [0.4, 0.5) is 11.4 Å². The third-order valence-corrected chi connectivity index (χ3v) is 6.18. The number of hydrogen-bond donors (Lipinski definition) is 2. The Morgan fingerprint density at radius 3 is 2.67 bits per heavy atom. The number of carbonyl (C=O) groups excluding carboxylic acids is 1. The summed E-state index contributed by atoms with van der Waals surface area (Å²) in [6.45, 7) is 1.92. The number of nitro benzene ring substituents is 1. The zero-order valence-corrected chi connectivity index (χ0v) is 19.3. The number of aryl methyl sites for hydroxylation is 1. The maximum absolute atomic E-state index is 12.6. The molecule has 0 radical (unpaired) electrons. The molecule has 0 bridgehead atoms. The molecule has 8 nitrogen and oxygen atoms in total. The van der Waals surface area contributed by atoms with Crippen LogP contribution in [-0.4, -0.2) is 28.0 Å². The molecular formula is C23H18N4O4S2. The number of nitro groups is 1. The van der Waals surface area contributed by atoms with Crippen LogP contribution in [0.5, 0.6) is 5.75 Å². The number of methoxy groups -OCH3 is 1. The second kappa shape index (κ2) is 9.31. The van der Waals surface area contributed by atoms with Gasteiger partial charge < -0.3 is 10.1 Å². The fourth-order valence-electron chi connectivity index (χ4n) is 3.19. The summed E-state index contributed by atoms with van der Waals surface area (Å²) >= 11 is 6.89. The van der Waals surface area contributed by atoms with Crippen molar-refractivity contribution < 1.29 is 14.5 Å². The van der Waals surface area contributed by atoms with Crippen LogP contribution in [0.2, 0.25) is 0 Å². The monoisotopic (exact) mass is 478 g/mol. The molecule has 0 aliphatic heterocycles.